The standard InChI is InChI=1S/C22H17ClF3N7O.CH4.H2S/c1-11-10-32(14-5-3-13(4-6-14)22(24,25)26)21(34)18-15(9-29-33(11)18)17-19(23)31-20(30-17)12-2-7-16(27)28-8-12;;/h2-9,11H,10H2,1H3,(H2,27,28)(H,30,31);1H4;1H2/t11-;;/m0../s1. The summed E-state index contributed by atoms with van der Waals surface area (Å²) in [6, 6.07) is 7.60. The number of hydrogen-bond acceptors (Lipinski definition) is 5. The van der Waals surface area contributed by atoms with Crippen molar-refractivity contribution in [3.8, 4) is 22.6 Å². The molecule has 0 bridgehead atoms. The first-order valence-corrected chi connectivity index (χ1v) is 10.6. The highest BCUT2D eigenvalue weighted by Gasteiger charge is 2.36. The molecule has 36 heavy (non-hydrogen) atoms. The van der Waals surface area contributed by atoms with Gasteiger partial charge in [-0.15, -0.1) is 0 Å². The summed E-state index contributed by atoms with van der Waals surface area (Å²) < 4.78 is 40.4. The highest BCUT2D eigenvalue weighted by Crippen LogP contribution is 2.37. The predicted molar refractivity (Wildman–Crippen MR) is 137 cm³/mol. The van der Waals surface area contributed by atoms with Gasteiger partial charge in [0.1, 0.15) is 28.2 Å². The van der Waals surface area contributed by atoms with E-state index < -0.39 is 17.6 Å². The lowest BCUT2D eigenvalue weighted by Gasteiger charge is -2.32. The number of fused-ring (bicyclic) bond motifs is 1. The Labute approximate surface area is 216 Å². The van der Waals surface area contributed by atoms with Crippen LogP contribution >= 0.6 is 25.1 Å². The number of nitrogens with zero attached hydrogens (tertiary/aromatic N) is 5. The van der Waals surface area contributed by atoms with Crippen LogP contribution in [0, 0.1) is 0 Å². The van der Waals surface area contributed by atoms with Crippen LogP contribution in [0.15, 0.2) is 48.8 Å². The molecule has 0 unspecified atom stereocenters. The van der Waals surface area contributed by atoms with Gasteiger partial charge in [0, 0.05) is 24.0 Å². The molecule has 4 aromatic rings. The fourth-order valence-corrected chi connectivity index (χ4v) is 4.13. The summed E-state index contributed by atoms with van der Waals surface area (Å²) in [5.41, 5.74) is 6.83. The van der Waals surface area contributed by atoms with Gasteiger partial charge in [-0.25, -0.2) is 9.97 Å². The molecule has 1 aliphatic heterocycles. The van der Waals surface area contributed by atoms with E-state index in [2.05, 4.69) is 20.1 Å². The summed E-state index contributed by atoms with van der Waals surface area (Å²) in [6.07, 6.45) is -1.41. The maximum Gasteiger partial charge on any atom is 0.416 e. The number of nitrogens with one attached hydrogen (secondary N) is 1. The number of nitrogens with two attached hydrogens (primary N) is 1. The van der Waals surface area contributed by atoms with Gasteiger partial charge >= 0.3 is 6.18 Å². The van der Waals surface area contributed by atoms with Crippen molar-refractivity contribution in [2.45, 2.75) is 26.6 Å². The quantitative estimate of drug-likeness (QED) is 0.356. The topological polar surface area (TPSA) is 106 Å². The number of aromatic nitrogens is 5. The largest absolute Gasteiger partial charge is 0.416 e. The van der Waals surface area contributed by atoms with Crippen molar-refractivity contribution in [1.82, 2.24) is 24.7 Å². The van der Waals surface area contributed by atoms with Gasteiger partial charge in [-0.3, -0.25) is 9.48 Å². The highest BCUT2D eigenvalue weighted by atomic mass is 35.5. The van der Waals surface area contributed by atoms with Crippen LogP contribution in [0.2, 0.25) is 5.15 Å². The summed E-state index contributed by atoms with van der Waals surface area (Å²) in [7, 11) is 0. The highest BCUT2D eigenvalue weighted by molar-refractivity contribution is 7.59. The van der Waals surface area contributed by atoms with Crippen LogP contribution in [0.25, 0.3) is 22.6 Å². The summed E-state index contributed by atoms with van der Waals surface area (Å²) in [6.45, 7) is 2.11. The fourth-order valence-electron chi connectivity index (χ4n) is 3.90. The van der Waals surface area contributed by atoms with Gasteiger partial charge in [-0.05, 0) is 43.3 Å². The summed E-state index contributed by atoms with van der Waals surface area (Å²) in [5, 5.41) is 4.56. The Kier molecular flexibility index (Phi) is 7.42. The molecular weight excluding hydrogens is 515 g/mol. The van der Waals surface area contributed by atoms with Gasteiger partial charge in [0.2, 0.25) is 0 Å². The molecule has 1 aromatic carbocycles. The van der Waals surface area contributed by atoms with E-state index in [0.717, 1.165) is 12.1 Å². The molecule has 3 aromatic heterocycles. The van der Waals surface area contributed by atoms with E-state index in [1.54, 1.807) is 23.0 Å². The Balaban J connectivity index is 0.00000180. The summed E-state index contributed by atoms with van der Waals surface area (Å²) >= 11 is 6.43. The minimum absolute atomic E-state index is 0. The molecule has 0 fully saturated rings. The number of anilines is 2. The number of benzene rings is 1. The molecule has 8 nitrogen and oxygen atoms in total. The van der Waals surface area contributed by atoms with Crippen LogP contribution in [0.1, 0.15) is 36.4 Å². The van der Waals surface area contributed by atoms with Gasteiger partial charge < -0.3 is 15.6 Å². The van der Waals surface area contributed by atoms with Crippen molar-refractivity contribution in [3.05, 3.63) is 65.2 Å². The molecule has 0 aliphatic carbocycles. The lowest BCUT2D eigenvalue weighted by Crippen LogP contribution is -2.42. The summed E-state index contributed by atoms with van der Waals surface area (Å²) in [4.78, 5) is 26.4. The van der Waals surface area contributed by atoms with Crippen molar-refractivity contribution < 1.29 is 18.0 Å². The monoisotopic (exact) mass is 537 g/mol. The Morgan fingerprint density at radius 1 is 1.14 bits per heavy atom. The summed E-state index contributed by atoms with van der Waals surface area (Å²) in [5.74, 6) is 0.374. The van der Waals surface area contributed by atoms with E-state index in [1.807, 2.05) is 6.92 Å². The zero-order valence-corrected chi connectivity index (χ0v) is 19.9. The molecular formula is C23H23ClF3N7OS. The molecule has 0 saturated heterocycles. The number of hydrogen-bond donors (Lipinski definition) is 2. The Morgan fingerprint density at radius 3 is 2.44 bits per heavy atom. The lowest BCUT2D eigenvalue weighted by atomic mass is 10.1. The second-order valence-corrected chi connectivity index (χ2v) is 8.26. The first-order valence-electron chi connectivity index (χ1n) is 10.2. The van der Waals surface area contributed by atoms with Gasteiger partial charge in [-0.1, -0.05) is 19.0 Å². The number of halogens is 4. The fraction of sp³-hybridized carbons (Fsp3) is 0.217. The van der Waals surface area contributed by atoms with Crippen LogP contribution in [-0.2, 0) is 6.18 Å². The molecule has 1 amide bonds. The number of carbonyl (C=O) groups excluding carboxylic acids is 1. The zero-order chi connectivity index (χ0) is 24.2. The van der Waals surface area contributed by atoms with Crippen LogP contribution in [-0.4, -0.2) is 37.2 Å². The third-order valence-electron chi connectivity index (χ3n) is 5.59. The zero-order valence-electron chi connectivity index (χ0n) is 18.1. The number of rotatable bonds is 3. The number of pyridine rings is 1. The lowest BCUT2D eigenvalue weighted by molar-refractivity contribution is -0.137. The molecule has 4 heterocycles. The normalized spacial score (nSPS) is 15.2. The van der Waals surface area contributed by atoms with Gasteiger partial charge in [0.15, 0.2) is 0 Å². The minimum Gasteiger partial charge on any atom is -0.384 e. The molecule has 0 spiro atoms. The second kappa shape index (κ2) is 9.86. The van der Waals surface area contributed by atoms with E-state index in [9.17, 15) is 18.0 Å². The first-order chi connectivity index (χ1) is 16.1. The van der Waals surface area contributed by atoms with Crippen LogP contribution in [0.4, 0.5) is 24.7 Å². The van der Waals surface area contributed by atoms with Gasteiger partial charge in [0.05, 0.1) is 23.4 Å². The molecule has 5 rings (SSSR count). The predicted octanol–water partition coefficient (Wildman–Crippen LogP) is 5.56. The Hall–Kier alpha value is -3.51. The number of carbonyl (C=O) groups is 1. The van der Waals surface area contributed by atoms with Crippen LogP contribution in [0.5, 0.6) is 0 Å². The maximum absolute atomic E-state index is 13.5. The molecule has 0 saturated carbocycles. The molecule has 3 N–H and O–H groups in total. The third-order valence-corrected chi connectivity index (χ3v) is 5.86. The van der Waals surface area contributed by atoms with E-state index in [4.69, 9.17) is 17.3 Å². The van der Waals surface area contributed by atoms with E-state index in [-0.39, 0.29) is 44.4 Å². The van der Waals surface area contributed by atoms with E-state index in [1.165, 1.54) is 23.2 Å². The third kappa shape index (κ3) is 4.65. The second-order valence-electron chi connectivity index (χ2n) is 7.88. The average molecular weight is 538 g/mol. The first kappa shape index (κ1) is 27.1. The molecule has 1 aliphatic rings. The maximum atomic E-state index is 13.5. The molecule has 0 radical (unpaired) electrons. The number of alkyl halides is 3. The minimum atomic E-state index is -4.46. The number of imidazole rings is 1. The molecule has 1 atom stereocenters. The average Bonchev–Trinajstić information content (AvgIpc) is 3.40. The van der Waals surface area contributed by atoms with Gasteiger partial charge in [-0.2, -0.15) is 31.8 Å². The van der Waals surface area contributed by atoms with Crippen molar-refractivity contribution >= 4 is 42.5 Å². The Morgan fingerprint density at radius 2 is 1.83 bits per heavy atom. The van der Waals surface area contributed by atoms with Crippen molar-refractivity contribution in [2.24, 2.45) is 0 Å². The van der Waals surface area contributed by atoms with Crippen molar-refractivity contribution in [2.75, 3.05) is 17.2 Å². The molecule has 13 heteroatoms. The van der Waals surface area contributed by atoms with Crippen molar-refractivity contribution in [3.63, 3.8) is 0 Å². The SMILES string of the molecule is C.C[C@H]1CN(c2ccc(C(F)(F)F)cc2)C(=O)c2c(-c3nc(-c4ccc(N)nc4)[nH]c3Cl)cnn21.S. The van der Waals surface area contributed by atoms with Crippen LogP contribution in [0.3, 0.4) is 0 Å². The molecule has 190 valence electrons. The number of aromatic amines is 1. The number of H-pyrrole nitrogens is 1. The van der Waals surface area contributed by atoms with Gasteiger partial charge in [0.25, 0.3) is 5.91 Å². The van der Waals surface area contributed by atoms with E-state index in [0.29, 0.717) is 34.2 Å². The Bertz CT molecular complexity index is 1380. The van der Waals surface area contributed by atoms with Crippen LogP contribution < -0.4 is 10.6 Å². The van der Waals surface area contributed by atoms with E-state index >= 15 is 0 Å². The number of amides is 1. The number of nitrogen functional groups attached to an aromatic ring is 1. The van der Waals surface area contributed by atoms with Crippen molar-refractivity contribution in [1.29, 1.82) is 0 Å². The smallest absolute Gasteiger partial charge is 0.384 e.